The molecule has 2 rings (SSSR count). The van der Waals surface area contributed by atoms with Crippen molar-refractivity contribution in [1.29, 1.82) is 5.41 Å². The molecular weight excluding hydrogens is 240 g/mol. The summed E-state index contributed by atoms with van der Waals surface area (Å²) in [4.78, 5) is 0. The maximum absolute atomic E-state index is 9.95. The summed E-state index contributed by atoms with van der Waals surface area (Å²) < 4.78 is 7.20. The summed E-state index contributed by atoms with van der Waals surface area (Å²) >= 11 is 0. The van der Waals surface area contributed by atoms with Gasteiger partial charge in [-0.05, 0) is 30.7 Å². The number of nitrogens with zero attached hydrogens (tertiary/aromatic N) is 1. The molecule has 0 spiro atoms. The average molecular weight is 258 g/mol. The van der Waals surface area contributed by atoms with Crippen molar-refractivity contribution in [3.05, 3.63) is 59.7 Å². The van der Waals surface area contributed by atoms with E-state index in [0.717, 1.165) is 11.3 Å². The average Bonchev–Trinajstić information content (AvgIpc) is 2.43. The molecule has 0 aliphatic heterocycles. The van der Waals surface area contributed by atoms with Gasteiger partial charge in [0.05, 0.1) is 6.54 Å². The lowest BCUT2D eigenvalue weighted by atomic mass is 10.3. The number of para-hydroxylation sites is 1. The molecule has 1 aromatic carbocycles. The minimum Gasteiger partial charge on any atom is -0.491 e. The molecule has 0 fully saturated rings. The first-order valence-corrected chi connectivity index (χ1v) is 6.23. The molecule has 0 radical (unpaired) electrons. The zero-order valence-corrected chi connectivity index (χ0v) is 10.9. The quantitative estimate of drug-likeness (QED) is 0.858. The molecule has 0 saturated carbocycles. The molecule has 0 amide bonds. The van der Waals surface area contributed by atoms with Gasteiger partial charge in [-0.25, -0.2) is 0 Å². The number of nitrogens with one attached hydrogen (secondary N) is 1. The fraction of sp³-hybridized carbons (Fsp3) is 0.267. The van der Waals surface area contributed by atoms with Gasteiger partial charge in [0.1, 0.15) is 23.9 Å². The van der Waals surface area contributed by atoms with Gasteiger partial charge in [-0.15, -0.1) is 0 Å². The number of aromatic nitrogens is 1. The van der Waals surface area contributed by atoms with Gasteiger partial charge in [-0.3, -0.25) is 5.41 Å². The van der Waals surface area contributed by atoms with Crippen molar-refractivity contribution in [1.82, 2.24) is 4.57 Å². The van der Waals surface area contributed by atoms with Crippen LogP contribution in [0.15, 0.2) is 48.7 Å². The van der Waals surface area contributed by atoms with Crippen LogP contribution in [0.5, 0.6) is 5.75 Å². The van der Waals surface area contributed by atoms with Crippen molar-refractivity contribution in [2.24, 2.45) is 0 Å². The van der Waals surface area contributed by atoms with E-state index in [1.807, 2.05) is 49.4 Å². The van der Waals surface area contributed by atoms with E-state index in [0.29, 0.717) is 12.0 Å². The first-order valence-electron chi connectivity index (χ1n) is 6.23. The maximum Gasteiger partial charge on any atom is 0.127 e. The number of hydrogen-bond donors (Lipinski definition) is 2. The van der Waals surface area contributed by atoms with Gasteiger partial charge in [0.2, 0.25) is 0 Å². The fourth-order valence-corrected chi connectivity index (χ4v) is 1.81. The highest BCUT2D eigenvalue weighted by Gasteiger charge is 2.07. The van der Waals surface area contributed by atoms with E-state index in [2.05, 4.69) is 0 Å². The number of aliphatic hydroxyl groups is 1. The van der Waals surface area contributed by atoms with Gasteiger partial charge in [0.15, 0.2) is 0 Å². The summed E-state index contributed by atoms with van der Waals surface area (Å²) in [5, 5.41) is 17.8. The zero-order chi connectivity index (χ0) is 13.7. The molecule has 1 atom stereocenters. The third-order valence-electron chi connectivity index (χ3n) is 2.87. The van der Waals surface area contributed by atoms with Crippen molar-refractivity contribution in [2.75, 3.05) is 6.61 Å². The van der Waals surface area contributed by atoms with Gasteiger partial charge < -0.3 is 14.4 Å². The second kappa shape index (κ2) is 6.20. The Hall–Kier alpha value is -2.07. The number of aryl methyl sites for hydroxylation is 1. The number of hydrogen-bond acceptors (Lipinski definition) is 3. The van der Waals surface area contributed by atoms with Crippen LogP contribution in [-0.2, 0) is 6.54 Å². The number of rotatable bonds is 5. The van der Waals surface area contributed by atoms with E-state index < -0.39 is 6.10 Å². The van der Waals surface area contributed by atoms with Crippen molar-refractivity contribution < 1.29 is 9.84 Å². The highest BCUT2D eigenvalue weighted by atomic mass is 16.5. The van der Waals surface area contributed by atoms with Crippen LogP contribution >= 0.6 is 0 Å². The smallest absolute Gasteiger partial charge is 0.127 e. The first kappa shape index (κ1) is 13.4. The van der Waals surface area contributed by atoms with Crippen LogP contribution in [0.25, 0.3) is 0 Å². The Bertz CT molecular complexity index is 578. The molecule has 19 heavy (non-hydrogen) atoms. The minimum atomic E-state index is -0.642. The van der Waals surface area contributed by atoms with Gasteiger partial charge in [-0.1, -0.05) is 24.3 Å². The molecule has 100 valence electrons. The Morgan fingerprint density at radius 3 is 2.68 bits per heavy atom. The highest BCUT2D eigenvalue weighted by Crippen LogP contribution is 2.08. The molecule has 0 aliphatic carbocycles. The summed E-state index contributed by atoms with van der Waals surface area (Å²) in [5.41, 5.74) is 1.31. The Morgan fingerprint density at radius 2 is 1.95 bits per heavy atom. The van der Waals surface area contributed by atoms with Crippen LogP contribution in [0.2, 0.25) is 0 Å². The Balaban J connectivity index is 1.93. The predicted octanol–water partition coefficient (Wildman–Crippen LogP) is 1.72. The maximum atomic E-state index is 9.95. The van der Waals surface area contributed by atoms with Crippen LogP contribution in [0.1, 0.15) is 5.56 Å². The van der Waals surface area contributed by atoms with Gasteiger partial charge >= 0.3 is 0 Å². The standard InChI is InChI=1S/C15H18N2O2/c1-12-6-5-9-17(15(12)16)10-13(18)11-19-14-7-3-2-4-8-14/h2-9,13,16,18H,10-11H2,1H3. The summed E-state index contributed by atoms with van der Waals surface area (Å²) in [6, 6.07) is 13.1. The number of aliphatic hydroxyl groups excluding tert-OH is 1. The highest BCUT2D eigenvalue weighted by molar-refractivity contribution is 5.20. The zero-order valence-electron chi connectivity index (χ0n) is 10.9. The minimum absolute atomic E-state index is 0.213. The Kier molecular flexibility index (Phi) is 4.36. The van der Waals surface area contributed by atoms with Gasteiger partial charge in [0.25, 0.3) is 0 Å². The van der Waals surface area contributed by atoms with E-state index in [4.69, 9.17) is 10.1 Å². The monoisotopic (exact) mass is 258 g/mol. The summed E-state index contributed by atoms with van der Waals surface area (Å²) in [7, 11) is 0. The van der Waals surface area contributed by atoms with Crippen molar-refractivity contribution in [3.8, 4) is 5.75 Å². The molecule has 0 saturated heterocycles. The fourth-order valence-electron chi connectivity index (χ4n) is 1.81. The first-order chi connectivity index (χ1) is 9.16. The van der Waals surface area contributed by atoms with E-state index in [9.17, 15) is 5.11 Å². The molecule has 0 aliphatic rings. The van der Waals surface area contributed by atoms with E-state index >= 15 is 0 Å². The van der Waals surface area contributed by atoms with Crippen LogP contribution in [0, 0.1) is 12.3 Å². The van der Waals surface area contributed by atoms with E-state index in [1.54, 1.807) is 10.8 Å². The lowest BCUT2D eigenvalue weighted by molar-refractivity contribution is 0.0912. The molecule has 2 aromatic rings. The Labute approximate surface area is 112 Å². The largest absolute Gasteiger partial charge is 0.491 e. The van der Waals surface area contributed by atoms with Crippen LogP contribution in [-0.4, -0.2) is 22.4 Å². The van der Waals surface area contributed by atoms with E-state index in [1.165, 1.54) is 0 Å². The second-order valence-electron chi connectivity index (χ2n) is 4.47. The summed E-state index contributed by atoms with van der Waals surface area (Å²) in [6.45, 7) is 2.45. The Morgan fingerprint density at radius 1 is 1.21 bits per heavy atom. The number of ether oxygens (including phenoxy) is 1. The lowest BCUT2D eigenvalue weighted by Crippen LogP contribution is -2.30. The van der Waals surface area contributed by atoms with Crippen molar-refractivity contribution >= 4 is 0 Å². The third-order valence-corrected chi connectivity index (χ3v) is 2.87. The second-order valence-corrected chi connectivity index (χ2v) is 4.47. The number of pyridine rings is 1. The molecule has 1 heterocycles. The summed E-state index contributed by atoms with van der Waals surface area (Å²) in [5.74, 6) is 0.738. The van der Waals surface area contributed by atoms with Crippen molar-refractivity contribution in [3.63, 3.8) is 0 Å². The van der Waals surface area contributed by atoms with E-state index in [-0.39, 0.29) is 6.61 Å². The SMILES string of the molecule is Cc1cccn(CC(O)COc2ccccc2)c1=N. The molecule has 1 unspecified atom stereocenters. The topological polar surface area (TPSA) is 58.2 Å². The van der Waals surface area contributed by atoms with Crippen LogP contribution < -0.4 is 10.2 Å². The molecular formula is C15H18N2O2. The van der Waals surface area contributed by atoms with Crippen LogP contribution in [0.4, 0.5) is 0 Å². The van der Waals surface area contributed by atoms with Crippen molar-refractivity contribution in [2.45, 2.75) is 19.6 Å². The third kappa shape index (κ3) is 3.69. The molecule has 4 nitrogen and oxygen atoms in total. The molecule has 1 aromatic heterocycles. The van der Waals surface area contributed by atoms with Gasteiger partial charge in [0, 0.05) is 6.20 Å². The van der Waals surface area contributed by atoms with Crippen LogP contribution in [0.3, 0.4) is 0 Å². The van der Waals surface area contributed by atoms with Gasteiger partial charge in [-0.2, -0.15) is 0 Å². The molecule has 4 heteroatoms. The molecule has 2 N–H and O–H groups in total. The lowest BCUT2D eigenvalue weighted by Gasteiger charge is -2.15. The predicted molar refractivity (Wildman–Crippen MR) is 73.0 cm³/mol. The number of benzene rings is 1. The normalized spacial score (nSPS) is 12.1. The summed E-state index contributed by atoms with van der Waals surface area (Å²) in [6.07, 6.45) is 1.15. The molecule has 0 bridgehead atoms.